The molecule has 3 fully saturated rings. The summed E-state index contributed by atoms with van der Waals surface area (Å²) in [6.45, 7) is 8.78. The van der Waals surface area contributed by atoms with Crippen LogP contribution in [-0.4, -0.2) is 53.6 Å². The standard InChI is InChI=1S/C19H28N2O2S/c1-14-3-6-17(24-14)12-20-9-7-19(8-10-20)15(2)21(11-16-4-5-16)18(22)13-23-19/h3,6,15-16H,4-5,7-13H2,1-2H3. The van der Waals surface area contributed by atoms with Gasteiger partial charge in [-0.2, -0.15) is 0 Å². The molecule has 5 heteroatoms. The fraction of sp³-hybridized carbons (Fsp3) is 0.737. The number of aryl methyl sites for hydroxylation is 1. The molecule has 1 saturated carbocycles. The molecule has 1 aliphatic carbocycles. The van der Waals surface area contributed by atoms with Crippen LogP contribution in [0.25, 0.3) is 0 Å². The van der Waals surface area contributed by atoms with Gasteiger partial charge in [0.15, 0.2) is 0 Å². The van der Waals surface area contributed by atoms with Gasteiger partial charge in [-0.15, -0.1) is 11.3 Å². The maximum Gasteiger partial charge on any atom is 0.248 e. The van der Waals surface area contributed by atoms with Crippen LogP contribution in [0.4, 0.5) is 0 Å². The van der Waals surface area contributed by atoms with E-state index in [2.05, 4.69) is 35.8 Å². The number of piperidine rings is 1. The molecule has 3 heterocycles. The van der Waals surface area contributed by atoms with E-state index in [0.29, 0.717) is 0 Å². The summed E-state index contributed by atoms with van der Waals surface area (Å²) in [5, 5.41) is 0. The van der Waals surface area contributed by atoms with Gasteiger partial charge < -0.3 is 9.64 Å². The Kier molecular flexibility index (Phi) is 4.43. The van der Waals surface area contributed by atoms with Crippen molar-refractivity contribution < 1.29 is 9.53 Å². The lowest BCUT2D eigenvalue weighted by Gasteiger charge is -2.51. The lowest BCUT2D eigenvalue weighted by atomic mass is 9.82. The van der Waals surface area contributed by atoms with Crippen molar-refractivity contribution in [1.82, 2.24) is 9.80 Å². The fourth-order valence-electron chi connectivity index (χ4n) is 4.19. The number of nitrogens with zero attached hydrogens (tertiary/aromatic N) is 2. The molecule has 1 aromatic heterocycles. The van der Waals surface area contributed by atoms with E-state index >= 15 is 0 Å². The van der Waals surface area contributed by atoms with Gasteiger partial charge in [0.1, 0.15) is 6.61 Å². The first-order valence-corrected chi connectivity index (χ1v) is 10.1. The number of ether oxygens (including phenoxy) is 1. The van der Waals surface area contributed by atoms with Crippen molar-refractivity contribution in [3.05, 3.63) is 21.9 Å². The predicted octanol–water partition coefficient (Wildman–Crippen LogP) is 3.05. The van der Waals surface area contributed by atoms with Crippen LogP contribution >= 0.6 is 11.3 Å². The van der Waals surface area contributed by atoms with Crippen LogP contribution in [0.15, 0.2) is 12.1 Å². The second-order valence-electron chi connectivity index (χ2n) is 7.81. The molecule has 24 heavy (non-hydrogen) atoms. The van der Waals surface area contributed by atoms with E-state index in [-0.39, 0.29) is 24.2 Å². The Balaban J connectivity index is 1.38. The SMILES string of the molecule is Cc1ccc(CN2CCC3(CC2)OCC(=O)N(CC2CC2)C3C)s1. The lowest BCUT2D eigenvalue weighted by Crippen LogP contribution is -2.64. The van der Waals surface area contributed by atoms with Crippen molar-refractivity contribution >= 4 is 17.2 Å². The van der Waals surface area contributed by atoms with Crippen LogP contribution in [0.3, 0.4) is 0 Å². The number of likely N-dealkylation sites (tertiary alicyclic amines) is 1. The van der Waals surface area contributed by atoms with Crippen molar-refractivity contribution in [2.75, 3.05) is 26.2 Å². The van der Waals surface area contributed by atoms with Crippen LogP contribution in [-0.2, 0) is 16.1 Å². The molecule has 0 aromatic carbocycles. The highest BCUT2D eigenvalue weighted by molar-refractivity contribution is 7.11. The molecule has 1 amide bonds. The molecule has 132 valence electrons. The molecule has 0 bridgehead atoms. The zero-order valence-corrected chi connectivity index (χ0v) is 15.6. The van der Waals surface area contributed by atoms with Gasteiger partial charge in [0.05, 0.1) is 11.6 Å². The summed E-state index contributed by atoms with van der Waals surface area (Å²) in [7, 11) is 0. The summed E-state index contributed by atoms with van der Waals surface area (Å²) >= 11 is 1.90. The van der Waals surface area contributed by atoms with Crippen molar-refractivity contribution in [2.45, 2.75) is 57.7 Å². The Labute approximate surface area is 148 Å². The summed E-state index contributed by atoms with van der Waals surface area (Å²) in [4.78, 5) is 19.8. The van der Waals surface area contributed by atoms with Crippen molar-refractivity contribution in [3.63, 3.8) is 0 Å². The molecule has 1 unspecified atom stereocenters. The smallest absolute Gasteiger partial charge is 0.248 e. The summed E-state index contributed by atoms with van der Waals surface area (Å²) < 4.78 is 6.15. The fourth-order valence-corrected chi connectivity index (χ4v) is 5.12. The quantitative estimate of drug-likeness (QED) is 0.838. The van der Waals surface area contributed by atoms with Gasteiger partial charge in [-0.3, -0.25) is 9.69 Å². The summed E-state index contributed by atoms with van der Waals surface area (Å²) in [5.74, 6) is 0.935. The molecule has 2 saturated heterocycles. The number of amides is 1. The molecular weight excluding hydrogens is 320 g/mol. The number of rotatable bonds is 4. The highest BCUT2D eigenvalue weighted by atomic mass is 32.1. The van der Waals surface area contributed by atoms with E-state index < -0.39 is 0 Å². The van der Waals surface area contributed by atoms with E-state index in [0.717, 1.165) is 44.9 Å². The summed E-state index contributed by atoms with van der Waals surface area (Å²) in [6.07, 6.45) is 4.65. The summed E-state index contributed by atoms with van der Waals surface area (Å²) in [6, 6.07) is 4.67. The maximum atomic E-state index is 12.3. The Hall–Kier alpha value is -0.910. The monoisotopic (exact) mass is 348 g/mol. The van der Waals surface area contributed by atoms with E-state index in [4.69, 9.17) is 4.74 Å². The second-order valence-corrected chi connectivity index (χ2v) is 9.18. The van der Waals surface area contributed by atoms with Crippen molar-refractivity contribution in [3.8, 4) is 0 Å². The van der Waals surface area contributed by atoms with Gasteiger partial charge in [0.2, 0.25) is 5.91 Å². The highest BCUT2D eigenvalue weighted by Gasteiger charge is 2.48. The first-order chi connectivity index (χ1) is 11.6. The minimum Gasteiger partial charge on any atom is -0.363 e. The van der Waals surface area contributed by atoms with Crippen LogP contribution in [0.2, 0.25) is 0 Å². The van der Waals surface area contributed by atoms with E-state index in [1.54, 1.807) is 0 Å². The minimum absolute atomic E-state index is 0.120. The maximum absolute atomic E-state index is 12.3. The Morgan fingerprint density at radius 3 is 2.67 bits per heavy atom. The Morgan fingerprint density at radius 2 is 2.04 bits per heavy atom. The van der Waals surface area contributed by atoms with Crippen LogP contribution < -0.4 is 0 Å². The average Bonchev–Trinajstić information content (AvgIpc) is 3.31. The molecule has 4 nitrogen and oxygen atoms in total. The normalized spacial score (nSPS) is 27.8. The highest BCUT2D eigenvalue weighted by Crippen LogP contribution is 2.39. The van der Waals surface area contributed by atoms with Crippen LogP contribution in [0.5, 0.6) is 0 Å². The van der Waals surface area contributed by atoms with Gasteiger partial charge in [0.25, 0.3) is 0 Å². The topological polar surface area (TPSA) is 32.8 Å². The molecular formula is C19H28N2O2S. The summed E-state index contributed by atoms with van der Waals surface area (Å²) in [5.41, 5.74) is -0.120. The Bertz CT molecular complexity index is 602. The van der Waals surface area contributed by atoms with E-state index in [9.17, 15) is 4.79 Å². The molecule has 3 aliphatic rings. The molecule has 0 radical (unpaired) electrons. The first-order valence-electron chi connectivity index (χ1n) is 9.27. The molecule has 2 aliphatic heterocycles. The lowest BCUT2D eigenvalue weighted by molar-refractivity contribution is -0.187. The Morgan fingerprint density at radius 1 is 1.29 bits per heavy atom. The van der Waals surface area contributed by atoms with Gasteiger partial charge in [-0.05, 0) is 57.6 Å². The third-order valence-corrected chi connectivity index (χ3v) is 7.05. The average molecular weight is 349 g/mol. The minimum atomic E-state index is -0.120. The molecule has 4 rings (SSSR count). The third kappa shape index (κ3) is 3.26. The number of hydrogen-bond acceptors (Lipinski definition) is 4. The van der Waals surface area contributed by atoms with Crippen molar-refractivity contribution in [2.24, 2.45) is 5.92 Å². The zero-order valence-electron chi connectivity index (χ0n) is 14.8. The third-order valence-electron chi connectivity index (χ3n) is 6.06. The van der Waals surface area contributed by atoms with E-state index in [1.165, 1.54) is 22.6 Å². The molecule has 1 spiro atoms. The van der Waals surface area contributed by atoms with Gasteiger partial charge >= 0.3 is 0 Å². The number of carbonyl (C=O) groups is 1. The second kappa shape index (κ2) is 6.43. The molecule has 0 N–H and O–H groups in total. The first kappa shape index (κ1) is 16.6. The van der Waals surface area contributed by atoms with Crippen LogP contribution in [0, 0.1) is 12.8 Å². The molecule has 1 aromatic rings. The van der Waals surface area contributed by atoms with Crippen molar-refractivity contribution in [1.29, 1.82) is 0 Å². The predicted molar refractivity (Wildman–Crippen MR) is 96.1 cm³/mol. The zero-order chi connectivity index (χ0) is 16.7. The number of hydrogen-bond donors (Lipinski definition) is 0. The number of thiophene rings is 1. The molecule has 1 atom stereocenters. The van der Waals surface area contributed by atoms with Gasteiger partial charge in [-0.1, -0.05) is 0 Å². The van der Waals surface area contributed by atoms with E-state index in [1.807, 2.05) is 11.3 Å². The largest absolute Gasteiger partial charge is 0.363 e. The number of morpholine rings is 1. The van der Waals surface area contributed by atoms with Gasteiger partial charge in [0, 0.05) is 35.9 Å². The van der Waals surface area contributed by atoms with Gasteiger partial charge in [-0.25, -0.2) is 0 Å². The number of carbonyl (C=O) groups excluding carboxylic acids is 1. The van der Waals surface area contributed by atoms with Crippen LogP contribution in [0.1, 0.15) is 42.4 Å².